The van der Waals surface area contributed by atoms with Gasteiger partial charge < -0.3 is 10.4 Å². The van der Waals surface area contributed by atoms with Crippen LogP contribution in [-0.4, -0.2) is 23.3 Å². The van der Waals surface area contributed by atoms with Crippen LogP contribution in [0.2, 0.25) is 0 Å². The van der Waals surface area contributed by atoms with Crippen LogP contribution in [-0.2, 0) is 0 Å². The van der Waals surface area contributed by atoms with Gasteiger partial charge in [-0.05, 0) is 38.6 Å². The lowest BCUT2D eigenvalue weighted by Gasteiger charge is -2.36. The van der Waals surface area contributed by atoms with Crippen molar-refractivity contribution in [3.63, 3.8) is 0 Å². The smallest absolute Gasteiger partial charge is 0.0649 e. The third-order valence-electron chi connectivity index (χ3n) is 4.15. The molecule has 2 nitrogen and oxygen atoms in total. The highest BCUT2D eigenvalue weighted by atomic mass is 16.3. The van der Waals surface area contributed by atoms with Crippen molar-refractivity contribution in [2.24, 2.45) is 0 Å². The summed E-state index contributed by atoms with van der Waals surface area (Å²) >= 11 is 0. The van der Waals surface area contributed by atoms with E-state index in [-0.39, 0.29) is 5.60 Å². The SMILES string of the molecule is CCCCCCCC1(O)CCC(NCC)CC1. The first-order valence-corrected chi connectivity index (χ1v) is 7.66. The van der Waals surface area contributed by atoms with Gasteiger partial charge in [-0.1, -0.05) is 46.0 Å². The van der Waals surface area contributed by atoms with Gasteiger partial charge in [0.1, 0.15) is 0 Å². The van der Waals surface area contributed by atoms with Gasteiger partial charge in [0, 0.05) is 6.04 Å². The Morgan fingerprint density at radius 1 is 1.06 bits per heavy atom. The monoisotopic (exact) mass is 241 g/mol. The maximum absolute atomic E-state index is 10.5. The highest BCUT2D eigenvalue weighted by Gasteiger charge is 2.31. The van der Waals surface area contributed by atoms with Crippen LogP contribution in [0.3, 0.4) is 0 Å². The van der Waals surface area contributed by atoms with Crippen molar-refractivity contribution in [2.75, 3.05) is 6.54 Å². The van der Waals surface area contributed by atoms with Crippen LogP contribution in [0.1, 0.15) is 78.1 Å². The lowest BCUT2D eigenvalue weighted by atomic mass is 9.79. The van der Waals surface area contributed by atoms with Crippen molar-refractivity contribution in [1.82, 2.24) is 5.32 Å². The summed E-state index contributed by atoms with van der Waals surface area (Å²) in [5.41, 5.74) is -0.335. The highest BCUT2D eigenvalue weighted by Crippen LogP contribution is 2.32. The molecule has 0 atom stereocenters. The molecular weight excluding hydrogens is 210 g/mol. The zero-order valence-corrected chi connectivity index (χ0v) is 11.8. The van der Waals surface area contributed by atoms with E-state index in [1.165, 1.54) is 32.1 Å². The van der Waals surface area contributed by atoms with Crippen LogP contribution in [0.4, 0.5) is 0 Å². The molecule has 0 amide bonds. The molecule has 0 aromatic carbocycles. The molecule has 0 spiro atoms. The maximum atomic E-state index is 10.5. The summed E-state index contributed by atoms with van der Waals surface area (Å²) in [7, 11) is 0. The lowest BCUT2D eigenvalue weighted by Crippen LogP contribution is -2.41. The van der Waals surface area contributed by atoms with Crippen LogP contribution >= 0.6 is 0 Å². The predicted octanol–water partition coefficient (Wildman–Crippen LogP) is 3.63. The zero-order chi connectivity index (χ0) is 12.6. The zero-order valence-electron chi connectivity index (χ0n) is 11.8. The Hall–Kier alpha value is -0.0800. The summed E-state index contributed by atoms with van der Waals surface area (Å²) < 4.78 is 0. The van der Waals surface area contributed by atoms with E-state index in [0.29, 0.717) is 6.04 Å². The van der Waals surface area contributed by atoms with E-state index in [0.717, 1.165) is 38.6 Å². The normalized spacial score (nSPS) is 29.5. The van der Waals surface area contributed by atoms with Gasteiger partial charge in [0.2, 0.25) is 0 Å². The minimum Gasteiger partial charge on any atom is -0.390 e. The van der Waals surface area contributed by atoms with Gasteiger partial charge in [-0.15, -0.1) is 0 Å². The van der Waals surface area contributed by atoms with Gasteiger partial charge >= 0.3 is 0 Å². The second-order valence-corrected chi connectivity index (χ2v) is 5.72. The number of nitrogens with one attached hydrogen (secondary N) is 1. The molecule has 1 aliphatic carbocycles. The van der Waals surface area contributed by atoms with Crippen LogP contribution in [0.25, 0.3) is 0 Å². The van der Waals surface area contributed by atoms with Crippen molar-refractivity contribution in [3.8, 4) is 0 Å². The Balaban J connectivity index is 2.11. The summed E-state index contributed by atoms with van der Waals surface area (Å²) in [5, 5.41) is 14.0. The molecule has 17 heavy (non-hydrogen) atoms. The number of aliphatic hydroxyl groups is 1. The van der Waals surface area contributed by atoms with Gasteiger partial charge in [0.15, 0.2) is 0 Å². The Labute approximate surface area is 107 Å². The van der Waals surface area contributed by atoms with Crippen molar-refractivity contribution >= 4 is 0 Å². The van der Waals surface area contributed by atoms with Crippen molar-refractivity contribution in [3.05, 3.63) is 0 Å². The molecule has 1 rings (SSSR count). The molecule has 1 aliphatic rings. The second kappa shape index (κ2) is 8.10. The molecule has 1 saturated carbocycles. The van der Waals surface area contributed by atoms with E-state index in [4.69, 9.17) is 0 Å². The summed E-state index contributed by atoms with van der Waals surface area (Å²) in [6.07, 6.45) is 11.8. The molecular formula is C15H31NO. The summed E-state index contributed by atoms with van der Waals surface area (Å²) in [6, 6.07) is 0.653. The largest absolute Gasteiger partial charge is 0.390 e. The van der Waals surface area contributed by atoms with Crippen LogP contribution in [0, 0.1) is 0 Å². The minimum atomic E-state index is -0.335. The van der Waals surface area contributed by atoms with E-state index < -0.39 is 0 Å². The first-order valence-electron chi connectivity index (χ1n) is 7.66. The van der Waals surface area contributed by atoms with Gasteiger partial charge in [0.25, 0.3) is 0 Å². The van der Waals surface area contributed by atoms with Gasteiger partial charge in [0.05, 0.1) is 5.60 Å². The van der Waals surface area contributed by atoms with Crippen molar-refractivity contribution in [2.45, 2.75) is 89.7 Å². The quantitative estimate of drug-likeness (QED) is 0.636. The fraction of sp³-hybridized carbons (Fsp3) is 1.00. The van der Waals surface area contributed by atoms with E-state index in [9.17, 15) is 5.11 Å². The average molecular weight is 241 g/mol. The molecule has 1 fully saturated rings. The third kappa shape index (κ3) is 5.87. The number of hydrogen-bond donors (Lipinski definition) is 2. The first-order chi connectivity index (χ1) is 8.20. The molecule has 0 bridgehead atoms. The second-order valence-electron chi connectivity index (χ2n) is 5.72. The molecule has 0 unspecified atom stereocenters. The van der Waals surface area contributed by atoms with Crippen LogP contribution in [0.15, 0.2) is 0 Å². The van der Waals surface area contributed by atoms with Gasteiger partial charge in [-0.25, -0.2) is 0 Å². The molecule has 0 aliphatic heterocycles. The van der Waals surface area contributed by atoms with Crippen molar-refractivity contribution < 1.29 is 5.11 Å². The van der Waals surface area contributed by atoms with E-state index in [1.807, 2.05) is 0 Å². The molecule has 0 aromatic heterocycles. The van der Waals surface area contributed by atoms with Crippen LogP contribution in [0.5, 0.6) is 0 Å². The Morgan fingerprint density at radius 2 is 1.71 bits per heavy atom. The fourth-order valence-electron chi connectivity index (χ4n) is 2.96. The first kappa shape index (κ1) is 15.0. The van der Waals surface area contributed by atoms with Gasteiger partial charge in [-0.3, -0.25) is 0 Å². The standard InChI is InChI=1S/C15H31NO/c1-3-5-6-7-8-11-15(17)12-9-14(10-13-15)16-4-2/h14,16-17H,3-13H2,1-2H3. The Bertz CT molecular complexity index is 185. The fourth-order valence-corrected chi connectivity index (χ4v) is 2.96. The minimum absolute atomic E-state index is 0.335. The molecule has 102 valence electrons. The molecule has 2 heteroatoms. The summed E-state index contributed by atoms with van der Waals surface area (Å²) in [6.45, 7) is 5.46. The summed E-state index contributed by atoms with van der Waals surface area (Å²) in [5.74, 6) is 0. The third-order valence-corrected chi connectivity index (χ3v) is 4.15. The molecule has 0 radical (unpaired) electrons. The molecule has 0 heterocycles. The molecule has 0 aromatic rings. The maximum Gasteiger partial charge on any atom is 0.0649 e. The van der Waals surface area contributed by atoms with E-state index in [1.54, 1.807) is 0 Å². The number of unbranched alkanes of at least 4 members (excludes halogenated alkanes) is 4. The summed E-state index contributed by atoms with van der Waals surface area (Å²) in [4.78, 5) is 0. The number of rotatable bonds is 8. The average Bonchev–Trinajstić information content (AvgIpc) is 2.33. The van der Waals surface area contributed by atoms with E-state index in [2.05, 4.69) is 19.2 Å². The highest BCUT2D eigenvalue weighted by molar-refractivity contribution is 4.87. The number of hydrogen-bond acceptors (Lipinski definition) is 2. The van der Waals surface area contributed by atoms with Gasteiger partial charge in [-0.2, -0.15) is 0 Å². The predicted molar refractivity (Wildman–Crippen MR) is 74.3 cm³/mol. The lowest BCUT2D eigenvalue weighted by molar-refractivity contribution is -0.0128. The Morgan fingerprint density at radius 3 is 2.29 bits per heavy atom. The Kier molecular flexibility index (Phi) is 7.14. The van der Waals surface area contributed by atoms with E-state index >= 15 is 0 Å². The van der Waals surface area contributed by atoms with Crippen LogP contribution < -0.4 is 5.32 Å². The topological polar surface area (TPSA) is 32.3 Å². The van der Waals surface area contributed by atoms with Crippen molar-refractivity contribution in [1.29, 1.82) is 0 Å². The molecule has 2 N–H and O–H groups in total. The molecule has 0 saturated heterocycles.